The molecule has 0 spiro atoms. The Morgan fingerprint density at radius 1 is 1.18 bits per heavy atom. The number of carbonyl (C=O) groups excluding carboxylic acids is 2. The van der Waals surface area contributed by atoms with E-state index in [1.165, 1.54) is 26.3 Å². The summed E-state index contributed by atoms with van der Waals surface area (Å²) in [5.74, 6) is -0.384. The van der Waals surface area contributed by atoms with Crippen molar-refractivity contribution in [2.24, 2.45) is 0 Å². The summed E-state index contributed by atoms with van der Waals surface area (Å²) >= 11 is 0. The topological polar surface area (TPSA) is 116 Å². The summed E-state index contributed by atoms with van der Waals surface area (Å²) in [5.41, 5.74) is 0.701. The van der Waals surface area contributed by atoms with Gasteiger partial charge in [0.2, 0.25) is 17.5 Å². The zero-order chi connectivity index (χ0) is 20.1. The van der Waals surface area contributed by atoms with Gasteiger partial charge in [0, 0.05) is 24.8 Å². The molecule has 1 amide bonds. The van der Waals surface area contributed by atoms with Gasteiger partial charge in [-0.3, -0.25) is 9.59 Å². The zero-order valence-electron chi connectivity index (χ0n) is 15.5. The fraction of sp³-hybridized carbons (Fsp3) is 0.211. The third-order valence-electron chi connectivity index (χ3n) is 3.74. The van der Waals surface area contributed by atoms with Crippen molar-refractivity contribution in [3.05, 3.63) is 54.2 Å². The second-order valence-corrected chi connectivity index (χ2v) is 5.80. The normalized spacial score (nSPS) is 11.5. The molecule has 2 aromatic heterocycles. The average Bonchev–Trinajstić information content (AvgIpc) is 3.18. The van der Waals surface area contributed by atoms with Gasteiger partial charge in [0.05, 0.1) is 7.11 Å². The predicted molar refractivity (Wildman–Crippen MR) is 97.7 cm³/mol. The van der Waals surface area contributed by atoms with Crippen molar-refractivity contribution < 1.29 is 23.6 Å². The van der Waals surface area contributed by atoms with E-state index in [2.05, 4.69) is 20.4 Å². The highest BCUT2D eigenvalue weighted by molar-refractivity contribution is 5.96. The Bertz CT molecular complexity index is 987. The van der Waals surface area contributed by atoms with Crippen LogP contribution in [0.5, 0.6) is 11.5 Å². The van der Waals surface area contributed by atoms with Crippen LogP contribution in [0.15, 0.2) is 47.1 Å². The van der Waals surface area contributed by atoms with Crippen molar-refractivity contribution in [3.63, 3.8) is 0 Å². The number of rotatable bonds is 6. The number of nitrogens with one attached hydrogen (secondary N) is 1. The second kappa shape index (κ2) is 8.30. The van der Waals surface area contributed by atoms with Gasteiger partial charge in [-0.15, -0.1) is 0 Å². The van der Waals surface area contributed by atoms with Gasteiger partial charge >= 0.3 is 5.97 Å². The van der Waals surface area contributed by atoms with E-state index in [1.807, 2.05) is 30.3 Å². The molecule has 28 heavy (non-hydrogen) atoms. The lowest BCUT2D eigenvalue weighted by molar-refractivity contribution is -0.132. The number of benzene rings is 1. The van der Waals surface area contributed by atoms with Crippen molar-refractivity contribution in [1.29, 1.82) is 0 Å². The van der Waals surface area contributed by atoms with E-state index < -0.39 is 17.9 Å². The van der Waals surface area contributed by atoms with Crippen molar-refractivity contribution in [3.8, 4) is 22.9 Å². The molecule has 3 rings (SSSR count). The minimum Gasteiger partial charge on any atom is -0.493 e. The molecule has 1 N–H and O–H groups in total. The first kappa shape index (κ1) is 19.0. The van der Waals surface area contributed by atoms with Crippen LogP contribution in [0.25, 0.3) is 11.4 Å². The molecule has 0 aliphatic rings. The van der Waals surface area contributed by atoms with E-state index >= 15 is 0 Å². The van der Waals surface area contributed by atoms with E-state index in [0.29, 0.717) is 5.82 Å². The molecular formula is C19H18N4O5. The molecule has 0 radical (unpaired) electrons. The largest absolute Gasteiger partial charge is 0.493 e. The number of ether oxygens (including phenoxy) is 2. The molecule has 1 aromatic carbocycles. The Hall–Kier alpha value is -3.75. The maximum atomic E-state index is 12.7. The number of nitrogens with zero attached hydrogens (tertiary/aromatic N) is 3. The lowest BCUT2D eigenvalue weighted by Crippen LogP contribution is -2.28. The van der Waals surface area contributed by atoms with Gasteiger partial charge in [-0.1, -0.05) is 35.5 Å². The highest BCUT2D eigenvalue weighted by Crippen LogP contribution is 2.30. The lowest BCUT2D eigenvalue weighted by Gasteiger charge is -2.13. The summed E-state index contributed by atoms with van der Waals surface area (Å²) in [7, 11) is 1.40. The monoisotopic (exact) mass is 382 g/mol. The number of aromatic nitrogens is 3. The highest BCUT2D eigenvalue weighted by Gasteiger charge is 2.24. The van der Waals surface area contributed by atoms with Crippen LogP contribution in [0.2, 0.25) is 0 Å². The second-order valence-electron chi connectivity index (χ2n) is 5.80. The molecule has 0 fully saturated rings. The fourth-order valence-electron chi connectivity index (χ4n) is 2.44. The van der Waals surface area contributed by atoms with Gasteiger partial charge in [-0.2, -0.15) is 4.98 Å². The lowest BCUT2D eigenvalue weighted by atomic mass is 10.2. The Kier molecular flexibility index (Phi) is 5.64. The van der Waals surface area contributed by atoms with E-state index in [1.54, 1.807) is 6.92 Å². The Morgan fingerprint density at radius 2 is 1.93 bits per heavy atom. The minimum absolute atomic E-state index is 0.0577. The zero-order valence-corrected chi connectivity index (χ0v) is 15.5. The molecule has 1 atom stereocenters. The van der Waals surface area contributed by atoms with Crippen molar-refractivity contribution >= 4 is 11.9 Å². The number of amides is 1. The number of hydrogen-bond donors (Lipinski definition) is 1. The van der Waals surface area contributed by atoms with Crippen molar-refractivity contribution in [2.75, 3.05) is 7.11 Å². The fourth-order valence-corrected chi connectivity index (χ4v) is 2.44. The summed E-state index contributed by atoms with van der Waals surface area (Å²) in [6, 6.07) is 10.2. The van der Waals surface area contributed by atoms with Gasteiger partial charge in [0.1, 0.15) is 6.04 Å². The van der Waals surface area contributed by atoms with Crippen LogP contribution in [0.3, 0.4) is 0 Å². The van der Waals surface area contributed by atoms with Crippen LogP contribution < -0.4 is 14.8 Å². The van der Waals surface area contributed by atoms with E-state index in [-0.39, 0.29) is 23.1 Å². The molecule has 0 saturated heterocycles. The maximum absolute atomic E-state index is 12.7. The van der Waals surface area contributed by atoms with Crippen LogP contribution in [-0.2, 0) is 4.79 Å². The molecule has 3 aromatic rings. The minimum atomic E-state index is -0.601. The summed E-state index contributed by atoms with van der Waals surface area (Å²) in [6.45, 7) is 2.91. The van der Waals surface area contributed by atoms with E-state index in [9.17, 15) is 9.59 Å². The van der Waals surface area contributed by atoms with Crippen molar-refractivity contribution in [2.45, 2.75) is 19.9 Å². The van der Waals surface area contributed by atoms with Gasteiger partial charge < -0.3 is 19.3 Å². The number of methoxy groups -OCH3 is 1. The number of hydrogen-bond acceptors (Lipinski definition) is 8. The molecule has 2 heterocycles. The Labute approximate surface area is 160 Å². The van der Waals surface area contributed by atoms with Crippen LogP contribution >= 0.6 is 0 Å². The first-order valence-electron chi connectivity index (χ1n) is 8.41. The molecule has 9 heteroatoms. The van der Waals surface area contributed by atoms with Gasteiger partial charge in [0.25, 0.3) is 5.91 Å². The van der Waals surface area contributed by atoms with Crippen LogP contribution in [-0.4, -0.2) is 34.1 Å². The molecule has 144 valence electrons. The predicted octanol–water partition coefficient (Wildman–Crippen LogP) is 2.56. The summed E-state index contributed by atoms with van der Waals surface area (Å²) in [4.78, 5) is 32.3. The summed E-state index contributed by atoms with van der Waals surface area (Å²) < 4.78 is 15.5. The SMILES string of the molecule is COc1ccnc(C(=O)N[C@@H](C)c2nc(-c3ccccc3)no2)c1OC(C)=O. The third-order valence-corrected chi connectivity index (χ3v) is 3.74. The smallest absolute Gasteiger partial charge is 0.308 e. The quantitative estimate of drug-likeness (QED) is 0.647. The summed E-state index contributed by atoms with van der Waals surface area (Å²) in [6.07, 6.45) is 1.38. The van der Waals surface area contributed by atoms with Crippen LogP contribution in [0.4, 0.5) is 0 Å². The van der Waals surface area contributed by atoms with E-state index in [4.69, 9.17) is 14.0 Å². The van der Waals surface area contributed by atoms with Crippen molar-refractivity contribution in [1.82, 2.24) is 20.4 Å². The van der Waals surface area contributed by atoms with Gasteiger partial charge in [-0.25, -0.2) is 4.98 Å². The van der Waals surface area contributed by atoms with E-state index in [0.717, 1.165) is 5.56 Å². The van der Waals surface area contributed by atoms with Crippen LogP contribution in [0, 0.1) is 0 Å². The van der Waals surface area contributed by atoms with Crippen LogP contribution in [0.1, 0.15) is 36.3 Å². The molecule has 0 aliphatic carbocycles. The molecular weight excluding hydrogens is 364 g/mol. The average molecular weight is 382 g/mol. The maximum Gasteiger partial charge on any atom is 0.308 e. The highest BCUT2D eigenvalue weighted by atomic mass is 16.6. The Morgan fingerprint density at radius 3 is 2.61 bits per heavy atom. The molecule has 0 aliphatic heterocycles. The molecule has 0 unspecified atom stereocenters. The molecule has 0 saturated carbocycles. The number of carbonyl (C=O) groups is 2. The first-order chi connectivity index (χ1) is 13.5. The standard InChI is InChI=1S/C19H18N4O5/c1-11(19-22-17(23-28-19)13-7-5-4-6-8-13)21-18(25)15-16(27-12(2)24)14(26-3)9-10-20-15/h4-11H,1-3H3,(H,21,25)/t11-/m0/s1. The number of esters is 1. The van der Waals surface area contributed by atoms with Gasteiger partial charge in [0.15, 0.2) is 11.4 Å². The van der Waals surface area contributed by atoms with Gasteiger partial charge in [-0.05, 0) is 6.92 Å². The first-order valence-corrected chi connectivity index (χ1v) is 8.41. The summed E-state index contributed by atoms with van der Waals surface area (Å²) in [5, 5.41) is 6.63. The Balaban J connectivity index is 1.80. The molecule has 9 nitrogen and oxygen atoms in total. The third kappa shape index (κ3) is 4.14. The molecule has 0 bridgehead atoms. The number of pyridine rings is 1.